The second-order valence-corrected chi connectivity index (χ2v) is 11.4. The first-order valence-electron chi connectivity index (χ1n) is 15.0. The van der Waals surface area contributed by atoms with Crippen LogP contribution >= 0.6 is 0 Å². The van der Waals surface area contributed by atoms with Gasteiger partial charge in [0.1, 0.15) is 11.2 Å². The molecule has 8 aromatic carbocycles. The molecular formula is C42H27NO. The zero-order valence-electron chi connectivity index (χ0n) is 23.9. The number of furan rings is 1. The Kier molecular flexibility index (Phi) is 5.54. The number of hydrogen-bond donors (Lipinski definition) is 0. The number of benzene rings is 8. The van der Waals surface area contributed by atoms with Gasteiger partial charge in [-0.2, -0.15) is 0 Å². The first-order chi connectivity index (χ1) is 21.8. The summed E-state index contributed by atoms with van der Waals surface area (Å²) < 4.78 is 6.62. The molecule has 0 N–H and O–H groups in total. The summed E-state index contributed by atoms with van der Waals surface area (Å²) in [7, 11) is 0. The molecule has 0 bridgehead atoms. The molecule has 2 nitrogen and oxygen atoms in total. The van der Waals surface area contributed by atoms with Crippen LogP contribution in [0.15, 0.2) is 168 Å². The Morgan fingerprint density at radius 1 is 0.386 bits per heavy atom. The van der Waals surface area contributed by atoms with Gasteiger partial charge < -0.3 is 9.32 Å². The fraction of sp³-hybridized carbons (Fsp3) is 0. The minimum absolute atomic E-state index is 0.879. The van der Waals surface area contributed by atoms with Crippen LogP contribution in [-0.2, 0) is 0 Å². The molecule has 1 heterocycles. The van der Waals surface area contributed by atoms with E-state index in [9.17, 15) is 0 Å². The monoisotopic (exact) mass is 561 g/mol. The number of anilines is 3. The predicted octanol–water partition coefficient (Wildman–Crippen LogP) is 12.2. The van der Waals surface area contributed by atoms with Gasteiger partial charge in [0.2, 0.25) is 0 Å². The van der Waals surface area contributed by atoms with E-state index in [0.717, 1.165) is 44.4 Å². The maximum atomic E-state index is 6.62. The van der Waals surface area contributed by atoms with Gasteiger partial charge in [0.05, 0.1) is 11.1 Å². The second-order valence-electron chi connectivity index (χ2n) is 11.4. The molecule has 0 saturated heterocycles. The highest BCUT2D eigenvalue weighted by Crippen LogP contribution is 2.45. The highest BCUT2D eigenvalue weighted by Gasteiger charge is 2.21. The third-order valence-electron chi connectivity index (χ3n) is 8.81. The molecular weight excluding hydrogens is 534 g/mol. The summed E-state index contributed by atoms with van der Waals surface area (Å²) in [5.74, 6) is 0. The van der Waals surface area contributed by atoms with E-state index in [4.69, 9.17) is 4.42 Å². The maximum Gasteiger partial charge on any atom is 0.143 e. The van der Waals surface area contributed by atoms with Crippen LogP contribution in [0, 0.1) is 0 Å². The molecule has 0 fully saturated rings. The van der Waals surface area contributed by atoms with E-state index < -0.39 is 0 Å². The molecule has 0 unspecified atom stereocenters. The molecule has 0 amide bonds. The van der Waals surface area contributed by atoms with E-state index in [0.29, 0.717) is 0 Å². The second kappa shape index (κ2) is 9.86. The van der Waals surface area contributed by atoms with E-state index in [-0.39, 0.29) is 0 Å². The molecule has 0 aliphatic rings. The summed E-state index contributed by atoms with van der Waals surface area (Å²) in [6, 6.07) is 58.6. The lowest BCUT2D eigenvalue weighted by molar-refractivity contribution is 0.672. The maximum absolute atomic E-state index is 6.62. The zero-order chi connectivity index (χ0) is 29.0. The summed E-state index contributed by atoms with van der Waals surface area (Å²) >= 11 is 0. The molecule has 9 aromatic rings. The van der Waals surface area contributed by atoms with Gasteiger partial charge in [-0.05, 0) is 80.5 Å². The topological polar surface area (TPSA) is 16.4 Å². The Bertz CT molecular complexity index is 2510. The van der Waals surface area contributed by atoms with Crippen LogP contribution in [0.1, 0.15) is 0 Å². The van der Waals surface area contributed by atoms with Crippen LogP contribution in [0.4, 0.5) is 17.1 Å². The summed E-state index contributed by atoms with van der Waals surface area (Å²) in [4.78, 5) is 2.39. The molecule has 9 rings (SSSR count). The van der Waals surface area contributed by atoms with Crippen molar-refractivity contribution in [2.45, 2.75) is 0 Å². The van der Waals surface area contributed by atoms with Crippen LogP contribution in [0.2, 0.25) is 0 Å². The van der Waals surface area contributed by atoms with Crippen molar-refractivity contribution in [3.8, 4) is 11.1 Å². The Morgan fingerprint density at radius 3 is 1.89 bits per heavy atom. The van der Waals surface area contributed by atoms with Crippen LogP contribution in [0.5, 0.6) is 0 Å². The van der Waals surface area contributed by atoms with E-state index in [1.54, 1.807) is 0 Å². The van der Waals surface area contributed by atoms with Gasteiger partial charge in [-0.3, -0.25) is 0 Å². The molecule has 0 aliphatic carbocycles. The van der Waals surface area contributed by atoms with Crippen molar-refractivity contribution in [2.24, 2.45) is 0 Å². The van der Waals surface area contributed by atoms with Gasteiger partial charge in [0.25, 0.3) is 0 Å². The van der Waals surface area contributed by atoms with Gasteiger partial charge >= 0.3 is 0 Å². The van der Waals surface area contributed by atoms with Crippen molar-refractivity contribution in [3.63, 3.8) is 0 Å². The largest absolute Gasteiger partial charge is 0.455 e. The third-order valence-corrected chi connectivity index (χ3v) is 8.81. The Morgan fingerprint density at radius 2 is 1.02 bits per heavy atom. The summed E-state index contributed by atoms with van der Waals surface area (Å²) in [6.45, 7) is 0. The number of fused-ring (bicyclic) bond motifs is 8. The summed E-state index contributed by atoms with van der Waals surface area (Å²) in [6.07, 6.45) is 0. The zero-order valence-corrected chi connectivity index (χ0v) is 23.9. The van der Waals surface area contributed by atoms with Gasteiger partial charge in [-0.15, -0.1) is 0 Å². The Hall–Kier alpha value is -5.86. The number of rotatable bonds is 4. The van der Waals surface area contributed by atoms with Crippen molar-refractivity contribution in [2.75, 3.05) is 4.90 Å². The quantitative estimate of drug-likeness (QED) is 0.199. The highest BCUT2D eigenvalue weighted by molar-refractivity contribution is 6.20. The SMILES string of the molecule is c1ccc(-c2cccc(N(c3ccc4ccc5ccccc5c4c3)c3cccc4oc5c6ccccc6ccc5c34)c2)cc1. The third kappa shape index (κ3) is 3.89. The highest BCUT2D eigenvalue weighted by atomic mass is 16.3. The first-order valence-corrected chi connectivity index (χ1v) is 15.0. The molecule has 206 valence electrons. The van der Waals surface area contributed by atoms with Crippen LogP contribution in [-0.4, -0.2) is 0 Å². The van der Waals surface area contributed by atoms with Gasteiger partial charge in [0, 0.05) is 22.1 Å². The van der Waals surface area contributed by atoms with Crippen molar-refractivity contribution < 1.29 is 4.42 Å². The summed E-state index contributed by atoms with van der Waals surface area (Å²) in [5, 5.41) is 9.48. The van der Waals surface area contributed by atoms with Crippen molar-refractivity contribution in [1.29, 1.82) is 0 Å². The van der Waals surface area contributed by atoms with Crippen molar-refractivity contribution in [3.05, 3.63) is 164 Å². The lowest BCUT2D eigenvalue weighted by Gasteiger charge is -2.27. The molecule has 1 aromatic heterocycles. The number of nitrogens with zero attached hydrogens (tertiary/aromatic N) is 1. The normalized spacial score (nSPS) is 11.6. The Balaban J connectivity index is 1.35. The lowest BCUT2D eigenvalue weighted by atomic mass is 10.00. The van der Waals surface area contributed by atoms with Gasteiger partial charge in [0.15, 0.2) is 0 Å². The van der Waals surface area contributed by atoms with E-state index in [1.807, 2.05) is 0 Å². The number of hydrogen-bond acceptors (Lipinski definition) is 2. The molecule has 0 saturated carbocycles. The van der Waals surface area contributed by atoms with Crippen molar-refractivity contribution >= 4 is 71.3 Å². The molecule has 0 atom stereocenters. The molecule has 0 aliphatic heterocycles. The molecule has 0 spiro atoms. The average molecular weight is 562 g/mol. The van der Waals surface area contributed by atoms with E-state index in [2.05, 4.69) is 169 Å². The fourth-order valence-electron chi connectivity index (χ4n) is 6.73. The van der Waals surface area contributed by atoms with Crippen LogP contribution < -0.4 is 4.90 Å². The first kappa shape index (κ1) is 24.7. The Labute approximate surface area is 255 Å². The molecule has 0 radical (unpaired) electrons. The van der Waals surface area contributed by atoms with Crippen LogP contribution in [0.25, 0.3) is 65.4 Å². The van der Waals surface area contributed by atoms with Crippen LogP contribution in [0.3, 0.4) is 0 Å². The van der Waals surface area contributed by atoms with E-state index >= 15 is 0 Å². The molecule has 2 heteroatoms. The predicted molar refractivity (Wildman–Crippen MR) is 186 cm³/mol. The van der Waals surface area contributed by atoms with E-state index in [1.165, 1.54) is 38.1 Å². The minimum atomic E-state index is 0.879. The average Bonchev–Trinajstić information content (AvgIpc) is 3.49. The lowest BCUT2D eigenvalue weighted by Crippen LogP contribution is -2.10. The smallest absolute Gasteiger partial charge is 0.143 e. The summed E-state index contributed by atoms with van der Waals surface area (Å²) in [5.41, 5.74) is 7.45. The van der Waals surface area contributed by atoms with Gasteiger partial charge in [-0.1, -0.05) is 121 Å². The fourth-order valence-corrected chi connectivity index (χ4v) is 6.73. The van der Waals surface area contributed by atoms with Gasteiger partial charge in [-0.25, -0.2) is 0 Å². The van der Waals surface area contributed by atoms with Crippen molar-refractivity contribution in [1.82, 2.24) is 0 Å². The standard InChI is InChI=1S/C42H27NO/c1-2-10-28(11-3-1)32-14-8-15-33(26-32)43(34-24-22-31-21-20-29-12-4-6-16-35(29)38(31)27-34)39-18-9-19-40-41(39)37-25-23-30-13-5-7-17-36(30)42(37)44-40/h1-27H. The molecule has 44 heavy (non-hydrogen) atoms. The minimum Gasteiger partial charge on any atom is -0.455 e.